The summed E-state index contributed by atoms with van der Waals surface area (Å²) < 4.78 is 13.3. The quantitative estimate of drug-likeness (QED) is 0.845. The van der Waals surface area contributed by atoms with Gasteiger partial charge < -0.3 is 10.6 Å². The number of aromatic nitrogens is 1. The molecule has 8 heteroatoms. The highest BCUT2D eigenvalue weighted by Gasteiger charge is 2.31. The molecule has 0 fully saturated rings. The lowest BCUT2D eigenvalue weighted by atomic mass is 9.90. The van der Waals surface area contributed by atoms with Crippen LogP contribution < -0.4 is 10.6 Å². The molecule has 0 radical (unpaired) electrons. The van der Waals surface area contributed by atoms with Crippen molar-refractivity contribution in [2.75, 3.05) is 10.6 Å². The molecule has 0 saturated carbocycles. The van der Waals surface area contributed by atoms with Crippen LogP contribution >= 0.6 is 11.3 Å². The zero-order valence-electron chi connectivity index (χ0n) is 12.1. The SMILES string of the molecule is CC(=O)c1csc(NC(=O)[C@H]2CC(=O)Nc3cc(F)ccc32)n1. The summed E-state index contributed by atoms with van der Waals surface area (Å²) in [6.45, 7) is 1.39. The Bertz CT molecular complexity index is 818. The van der Waals surface area contributed by atoms with Crippen LogP contribution in [-0.4, -0.2) is 22.6 Å². The molecule has 2 amide bonds. The third kappa shape index (κ3) is 3.11. The fourth-order valence-electron chi connectivity index (χ4n) is 2.36. The number of amides is 2. The minimum Gasteiger partial charge on any atom is -0.326 e. The maximum Gasteiger partial charge on any atom is 0.234 e. The number of carbonyl (C=O) groups excluding carboxylic acids is 3. The molecule has 0 aliphatic carbocycles. The molecule has 0 spiro atoms. The molecule has 1 aromatic heterocycles. The van der Waals surface area contributed by atoms with Crippen molar-refractivity contribution < 1.29 is 18.8 Å². The highest BCUT2D eigenvalue weighted by molar-refractivity contribution is 7.14. The summed E-state index contributed by atoms with van der Waals surface area (Å²) in [7, 11) is 0. The Labute approximate surface area is 134 Å². The number of thiazole rings is 1. The molecule has 3 rings (SSSR count). The predicted molar refractivity (Wildman–Crippen MR) is 83.1 cm³/mol. The molecule has 0 unspecified atom stereocenters. The first kappa shape index (κ1) is 15.3. The Kier molecular flexibility index (Phi) is 3.91. The van der Waals surface area contributed by atoms with E-state index >= 15 is 0 Å². The van der Waals surface area contributed by atoms with Gasteiger partial charge in [0, 0.05) is 24.4 Å². The van der Waals surface area contributed by atoms with Gasteiger partial charge in [-0.3, -0.25) is 14.4 Å². The maximum atomic E-state index is 13.3. The monoisotopic (exact) mass is 333 g/mol. The van der Waals surface area contributed by atoms with Gasteiger partial charge in [-0.25, -0.2) is 9.37 Å². The first-order chi connectivity index (χ1) is 10.9. The Morgan fingerprint density at radius 3 is 2.91 bits per heavy atom. The Morgan fingerprint density at radius 1 is 1.43 bits per heavy atom. The Morgan fingerprint density at radius 2 is 2.22 bits per heavy atom. The summed E-state index contributed by atoms with van der Waals surface area (Å²) in [5.74, 6) is -2.19. The average molecular weight is 333 g/mol. The molecule has 0 bridgehead atoms. The van der Waals surface area contributed by atoms with Crippen LogP contribution in [-0.2, 0) is 9.59 Å². The van der Waals surface area contributed by atoms with Crippen LogP contribution in [0.3, 0.4) is 0 Å². The topological polar surface area (TPSA) is 88.2 Å². The molecule has 1 aliphatic heterocycles. The van der Waals surface area contributed by atoms with Gasteiger partial charge in [-0.15, -0.1) is 11.3 Å². The molecule has 118 valence electrons. The lowest BCUT2D eigenvalue weighted by Crippen LogP contribution is -2.30. The van der Waals surface area contributed by atoms with Gasteiger partial charge in [0.05, 0.1) is 5.92 Å². The van der Waals surface area contributed by atoms with Gasteiger partial charge in [-0.1, -0.05) is 6.07 Å². The normalized spacial score (nSPS) is 16.4. The molecular weight excluding hydrogens is 321 g/mol. The second-order valence-electron chi connectivity index (χ2n) is 5.12. The number of benzene rings is 1. The molecule has 23 heavy (non-hydrogen) atoms. The van der Waals surface area contributed by atoms with E-state index in [4.69, 9.17) is 0 Å². The van der Waals surface area contributed by atoms with Crippen molar-refractivity contribution >= 4 is 39.8 Å². The second kappa shape index (κ2) is 5.88. The van der Waals surface area contributed by atoms with Crippen molar-refractivity contribution in [3.05, 3.63) is 40.7 Å². The molecule has 2 aromatic rings. The zero-order chi connectivity index (χ0) is 16.6. The van der Waals surface area contributed by atoms with E-state index in [1.165, 1.54) is 25.1 Å². The second-order valence-corrected chi connectivity index (χ2v) is 5.98. The summed E-state index contributed by atoms with van der Waals surface area (Å²) >= 11 is 1.13. The number of fused-ring (bicyclic) bond motifs is 1. The molecule has 1 aliphatic rings. The summed E-state index contributed by atoms with van der Waals surface area (Å²) in [5, 5.41) is 6.99. The summed E-state index contributed by atoms with van der Waals surface area (Å²) in [6, 6.07) is 3.91. The largest absolute Gasteiger partial charge is 0.326 e. The van der Waals surface area contributed by atoms with Crippen LogP contribution in [0.2, 0.25) is 0 Å². The Balaban J connectivity index is 1.84. The van der Waals surface area contributed by atoms with E-state index in [0.717, 1.165) is 11.3 Å². The number of anilines is 2. The van der Waals surface area contributed by atoms with Gasteiger partial charge in [-0.2, -0.15) is 0 Å². The van der Waals surface area contributed by atoms with Gasteiger partial charge in [-0.05, 0) is 17.7 Å². The van der Waals surface area contributed by atoms with Gasteiger partial charge in [0.2, 0.25) is 11.8 Å². The maximum absolute atomic E-state index is 13.3. The van der Waals surface area contributed by atoms with Crippen LogP contribution in [0.1, 0.15) is 35.3 Å². The van der Waals surface area contributed by atoms with Crippen LogP contribution in [0, 0.1) is 5.82 Å². The highest BCUT2D eigenvalue weighted by atomic mass is 32.1. The first-order valence-electron chi connectivity index (χ1n) is 6.80. The van der Waals surface area contributed by atoms with Crippen molar-refractivity contribution in [1.29, 1.82) is 0 Å². The lowest BCUT2D eigenvalue weighted by molar-refractivity contribution is -0.123. The number of rotatable bonds is 3. The molecule has 2 N–H and O–H groups in total. The van der Waals surface area contributed by atoms with Crippen LogP contribution in [0.5, 0.6) is 0 Å². The Hall–Kier alpha value is -2.61. The van der Waals surface area contributed by atoms with E-state index in [2.05, 4.69) is 15.6 Å². The number of hydrogen-bond donors (Lipinski definition) is 2. The van der Waals surface area contributed by atoms with Crippen molar-refractivity contribution in [3.8, 4) is 0 Å². The van der Waals surface area contributed by atoms with Crippen LogP contribution in [0.25, 0.3) is 0 Å². The molecule has 1 aromatic carbocycles. The van der Waals surface area contributed by atoms with E-state index < -0.39 is 17.6 Å². The number of carbonyl (C=O) groups is 3. The van der Waals surface area contributed by atoms with Gasteiger partial charge in [0.25, 0.3) is 0 Å². The minimum atomic E-state index is -0.732. The third-order valence-corrected chi connectivity index (χ3v) is 4.22. The van der Waals surface area contributed by atoms with Gasteiger partial charge in [0.15, 0.2) is 10.9 Å². The first-order valence-corrected chi connectivity index (χ1v) is 7.68. The van der Waals surface area contributed by atoms with Crippen LogP contribution in [0.4, 0.5) is 15.2 Å². The van der Waals surface area contributed by atoms with E-state index in [-0.39, 0.29) is 28.9 Å². The van der Waals surface area contributed by atoms with E-state index in [1.54, 1.807) is 5.38 Å². The zero-order valence-corrected chi connectivity index (χ0v) is 12.9. The lowest BCUT2D eigenvalue weighted by Gasteiger charge is -2.24. The minimum absolute atomic E-state index is 0.0323. The molecule has 1 atom stereocenters. The molecule has 0 saturated heterocycles. The molecule has 2 heterocycles. The smallest absolute Gasteiger partial charge is 0.234 e. The molecule has 6 nitrogen and oxygen atoms in total. The summed E-state index contributed by atoms with van der Waals surface area (Å²) in [5.41, 5.74) is 1.12. The predicted octanol–water partition coefficient (Wildman–Crippen LogP) is 2.55. The van der Waals surface area contributed by atoms with Crippen molar-refractivity contribution in [2.45, 2.75) is 19.3 Å². The average Bonchev–Trinajstić information content (AvgIpc) is 2.94. The van der Waals surface area contributed by atoms with Crippen LogP contribution in [0.15, 0.2) is 23.6 Å². The highest BCUT2D eigenvalue weighted by Crippen LogP contribution is 2.33. The van der Waals surface area contributed by atoms with E-state index in [1.807, 2.05) is 0 Å². The molecular formula is C15H12FN3O3S. The number of halogens is 1. The number of ketones is 1. The van der Waals surface area contributed by atoms with Crippen molar-refractivity contribution in [2.24, 2.45) is 0 Å². The fraction of sp³-hybridized carbons (Fsp3) is 0.200. The number of nitrogens with one attached hydrogen (secondary N) is 2. The summed E-state index contributed by atoms with van der Waals surface area (Å²) in [6.07, 6.45) is -0.0323. The third-order valence-electron chi connectivity index (χ3n) is 3.47. The number of hydrogen-bond acceptors (Lipinski definition) is 5. The summed E-state index contributed by atoms with van der Waals surface area (Å²) in [4.78, 5) is 39.4. The van der Waals surface area contributed by atoms with Gasteiger partial charge in [0.1, 0.15) is 11.5 Å². The van der Waals surface area contributed by atoms with Gasteiger partial charge >= 0.3 is 0 Å². The van der Waals surface area contributed by atoms with Crippen molar-refractivity contribution in [3.63, 3.8) is 0 Å². The number of Topliss-reactive ketones (excluding diaryl/α,β-unsaturated/α-hetero) is 1. The fourth-order valence-corrected chi connectivity index (χ4v) is 3.11. The number of nitrogens with zero attached hydrogens (tertiary/aromatic N) is 1. The van der Waals surface area contributed by atoms with E-state index in [9.17, 15) is 18.8 Å². The van der Waals surface area contributed by atoms with Crippen molar-refractivity contribution in [1.82, 2.24) is 4.98 Å². The standard InChI is InChI=1S/C15H12FN3O3S/c1-7(20)12-6-23-15(18-12)19-14(22)10-5-13(21)17-11-4-8(16)2-3-9(10)11/h2-4,6,10H,5H2,1H3,(H,17,21)(H,18,19,22)/t10-/m0/s1. The van der Waals surface area contributed by atoms with E-state index in [0.29, 0.717) is 11.3 Å².